The Morgan fingerprint density at radius 2 is 1.87 bits per heavy atom. The number of hydrogen-bond acceptors (Lipinski definition) is 3. The lowest BCUT2D eigenvalue weighted by atomic mass is 10.2. The Morgan fingerprint density at radius 1 is 1.22 bits per heavy atom. The second kappa shape index (κ2) is 12.1. The summed E-state index contributed by atoms with van der Waals surface area (Å²) in [6.07, 6.45) is 1.12. The average Bonchev–Trinajstić information content (AvgIpc) is 2.86. The van der Waals surface area contributed by atoms with Gasteiger partial charge in [-0.15, -0.1) is 35.3 Å². The summed E-state index contributed by atoms with van der Waals surface area (Å²) in [6, 6.07) is 3.35. The van der Waals surface area contributed by atoms with Gasteiger partial charge in [0.05, 0.1) is 6.54 Å². The van der Waals surface area contributed by atoms with E-state index in [2.05, 4.69) is 66.6 Å². The molecule has 1 aromatic rings. The summed E-state index contributed by atoms with van der Waals surface area (Å²) in [7, 11) is 1.82. The fourth-order valence-corrected chi connectivity index (χ4v) is 3.40. The minimum Gasteiger partial charge on any atom is -0.356 e. The maximum absolute atomic E-state index is 4.29. The van der Waals surface area contributed by atoms with Gasteiger partial charge in [-0.1, -0.05) is 0 Å². The van der Waals surface area contributed by atoms with Crippen molar-refractivity contribution in [3.63, 3.8) is 0 Å². The van der Waals surface area contributed by atoms with Gasteiger partial charge in [0.25, 0.3) is 0 Å². The zero-order valence-electron chi connectivity index (χ0n) is 15.3. The molecular formula is C17H33IN4S. The van der Waals surface area contributed by atoms with Crippen molar-refractivity contribution in [1.29, 1.82) is 0 Å². The van der Waals surface area contributed by atoms with Crippen molar-refractivity contribution in [2.45, 2.75) is 59.7 Å². The van der Waals surface area contributed by atoms with Crippen LogP contribution in [0.5, 0.6) is 0 Å². The zero-order chi connectivity index (χ0) is 16.5. The highest BCUT2D eigenvalue weighted by Crippen LogP contribution is 2.14. The van der Waals surface area contributed by atoms with E-state index in [-0.39, 0.29) is 24.0 Å². The highest BCUT2D eigenvalue weighted by Gasteiger charge is 2.12. The van der Waals surface area contributed by atoms with Gasteiger partial charge in [-0.3, -0.25) is 9.89 Å². The lowest BCUT2D eigenvalue weighted by Crippen LogP contribution is -2.41. The molecule has 0 saturated heterocycles. The van der Waals surface area contributed by atoms with Gasteiger partial charge in [-0.2, -0.15) is 0 Å². The van der Waals surface area contributed by atoms with Crippen LogP contribution in [0.1, 0.15) is 44.6 Å². The Kier molecular flexibility index (Phi) is 11.9. The quantitative estimate of drug-likeness (QED) is 0.273. The third-order valence-corrected chi connectivity index (χ3v) is 4.84. The van der Waals surface area contributed by atoms with Crippen molar-refractivity contribution in [3.8, 4) is 0 Å². The van der Waals surface area contributed by atoms with Gasteiger partial charge in [0.1, 0.15) is 0 Å². The van der Waals surface area contributed by atoms with Crippen molar-refractivity contribution in [1.82, 2.24) is 15.5 Å². The van der Waals surface area contributed by atoms with E-state index in [4.69, 9.17) is 0 Å². The summed E-state index contributed by atoms with van der Waals surface area (Å²) in [5, 5.41) is 8.92. The lowest BCUT2D eigenvalue weighted by Gasteiger charge is -2.30. The molecule has 0 fully saturated rings. The molecule has 1 heterocycles. The Morgan fingerprint density at radius 3 is 2.35 bits per heavy atom. The second-order valence-corrected chi connectivity index (χ2v) is 7.16. The van der Waals surface area contributed by atoms with Gasteiger partial charge in [0, 0.05) is 37.1 Å². The summed E-state index contributed by atoms with van der Waals surface area (Å²) >= 11 is 1.79. The van der Waals surface area contributed by atoms with E-state index in [1.807, 2.05) is 7.05 Å². The van der Waals surface area contributed by atoms with Crippen LogP contribution in [-0.2, 0) is 6.54 Å². The second-order valence-electron chi connectivity index (χ2n) is 6.16. The van der Waals surface area contributed by atoms with Crippen molar-refractivity contribution in [3.05, 3.63) is 21.9 Å². The predicted molar refractivity (Wildman–Crippen MR) is 114 cm³/mol. The molecule has 0 aliphatic heterocycles. The molecule has 0 aliphatic rings. The molecule has 0 spiro atoms. The van der Waals surface area contributed by atoms with Crippen molar-refractivity contribution in [2.24, 2.45) is 4.99 Å². The number of guanidine groups is 1. The van der Waals surface area contributed by atoms with Crippen LogP contribution in [0.4, 0.5) is 0 Å². The third kappa shape index (κ3) is 8.35. The summed E-state index contributed by atoms with van der Waals surface area (Å²) in [4.78, 5) is 8.18. The van der Waals surface area contributed by atoms with Gasteiger partial charge in [-0.25, -0.2) is 0 Å². The van der Waals surface area contributed by atoms with Crippen molar-refractivity contribution >= 4 is 41.3 Å². The summed E-state index contributed by atoms with van der Waals surface area (Å²) in [5.41, 5.74) is 1.34. The van der Waals surface area contributed by atoms with Gasteiger partial charge in [-0.05, 0) is 58.0 Å². The molecule has 0 radical (unpaired) electrons. The van der Waals surface area contributed by atoms with Crippen LogP contribution in [-0.4, -0.2) is 43.1 Å². The summed E-state index contributed by atoms with van der Waals surface area (Å²) in [6.45, 7) is 14.1. The van der Waals surface area contributed by atoms with E-state index in [1.165, 1.54) is 10.4 Å². The summed E-state index contributed by atoms with van der Waals surface area (Å²) in [5.74, 6) is 0.883. The molecular weight excluding hydrogens is 419 g/mol. The minimum atomic E-state index is 0. The number of thiophene rings is 1. The third-order valence-electron chi connectivity index (χ3n) is 3.82. The maximum Gasteiger partial charge on any atom is 0.191 e. The van der Waals surface area contributed by atoms with Crippen LogP contribution in [0.15, 0.2) is 16.4 Å². The molecule has 4 nitrogen and oxygen atoms in total. The fourth-order valence-electron chi connectivity index (χ4n) is 2.55. The number of aryl methyl sites for hydroxylation is 1. The first-order valence-electron chi connectivity index (χ1n) is 8.19. The summed E-state index contributed by atoms with van der Waals surface area (Å²) < 4.78 is 0. The van der Waals surface area contributed by atoms with Gasteiger partial charge >= 0.3 is 0 Å². The zero-order valence-corrected chi connectivity index (χ0v) is 18.5. The SMILES string of the molecule is CN=C(NCCCN(C(C)C)C(C)C)NCc1sccc1C.I. The molecule has 0 saturated carbocycles. The largest absolute Gasteiger partial charge is 0.356 e. The first-order valence-corrected chi connectivity index (χ1v) is 9.06. The molecule has 1 rings (SSSR count). The molecule has 0 bridgehead atoms. The molecule has 134 valence electrons. The molecule has 1 aromatic heterocycles. The smallest absolute Gasteiger partial charge is 0.191 e. The van der Waals surface area contributed by atoms with Gasteiger partial charge < -0.3 is 10.6 Å². The van der Waals surface area contributed by atoms with Crippen LogP contribution < -0.4 is 10.6 Å². The molecule has 0 unspecified atom stereocenters. The standard InChI is InChI=1S/C17H32N4S.HI/c1-13(2)21(14(3)4)10-7-9-19-17(18-6)20-12-16-15(5)8-11-22-16;/h8,11,13-14H,7,9-10,12H2,1-6H3,(H2,18,19,20);1H. The topological polar surface area (TPSA) is 39.7 Å². The normalized spacial score (nSPS) is 12.0. The lowest BCUT2D eigenvalue weighted by molar-refractivity contribution is 0.173. The monoisotopic (exact) mass is 452 g/mol. The number of nitrogens with zero attached hydrogens (tertiary/aromatic N) is 2. The Labute approximate surface area is 163 Å². The van der Waals surface area contributed by atoms with Crippen LogP contribution in [0.3, 0.4) is 0 Å². The number of rotatable bonds is 8. The van der Waals surface area contributed by atoms with E-state index in [0.717, 1.165) is 32.0 Å². The number of hydrogen-bond donors (Lipinski definition) is 2. The maximum atomic E-state index is 4.29. The Balaban J connectivity index is 0.00000484. The van der Waals surface area contributed by atoms with Crippen LogP contribution in [0, 0.1) is 6.92 Å². The van der Waals surface area contributed by atoms with Gasteiger partial charge in [0.2, 0.25) is 0 Å². The Bertz CT molecular complexity index is 449. The van der Waals surface area contributed by atoms with Gasteiger partial charge in [0.15, 0.2) is 5.96 Å². The van der Waals surface area contributed by atoms with E-state index in [0.29, 0.717) is 12.1 Å². The minimum absolute atomic E-state index is 0. The van der Waals surface area contributed by atoms with E-state index >= 15 is 0 Å². The van der Waals surface area contributed by atoms with E-state index < -0.39 is 0 Å². The van der Waals surface area contributed by atoms with E-state index in [9.17, 15) is 0 Å². The van der Waals surface area contributed by atoms with E-state index in [1.54, 1.807) is 11.3 Å². The molecule has 6 heteroatoms. The highest BCUT2D eigenvalue weighted by molar-refractivity contribution is 14.0. The Hall–Kier alpha value is -0.340. The number of nitrogens with one attached hydrogen (secondary N) is 2. The average molecular weight is 452 g/mol. The molecule has 0 aromatic carbocycles. The molecule has 0 aliphatic carbocycles. The van der Waals surface area contributed by atoms with Crippen LogP contribution in [0.25, 0.3) is 0 Å². The molecule has 23 heavy (non-hydrogen) atoms. The molecule has 0 amide bonds. The molecule has 0 atom stereocenters. The fraction of sp³-hybridized carbons (Fsp3) is 0.706. The molecule has 2 N–H and O–H groups in total. The number of aliphatic imine (C=N–C) groups is 1. The van der Waals surface area contributed by atoms with Crippen molar-refractivity contribution < 1.29 is 0 Å². The first-order chi connectivity index (χ1) is 10.5. The van der Waals surface area contributed by atoms with Crippen molar-refractivity contribution in [2.75, 3.05) is 20.1 Å². The number of halogens is 1. The highest BCUT2D eigenvalue weighted by atomic mass is 127. The van der Waals surface area contributed by atoms with Crippen LogP contribution in [0.2, 0.25) is 0 Å². The van der Waals surface area contributed by atoms with Crippen LogP contribution >= 0.6 is 35.3 Å². The predicted octanol–water partition coefficient (Wildman–Crippen LogP) is 3.85. The first kappa shape index (κ1) is 22.7.